The van der Waals surface area contributed by atoms with Crippen molar-refractivity contribution in [3.05, 3.63) is 35.4 Å². The molecule has 0 aromatic heterocycles. The van der Waals surface area contributed by atoms with E-state index in [-0.39, 0.29) is 6.04 Å². The van der Waals surface area contributed by atoms with Crippen LogP contribution in [0.1, 0.15) is 37.8 Å². The number of nitrogens with zero attached hydrogens (tertiary/aromatic N) is 1. The highest BCUT2D eigenvalue weighted by atomic mass is 19.2. The topological polar surface area (TPSA) is 29.3 Å². The van der Waals surface area contributed by atoms with Crippen molar-refractivity contribution in [1.29, 1.82) is 0 Å². The van der Waals surface area contributed by atoms with Gasteiger partial charge in [-0.25, -0.2) is 8.78 Å². The van der Waals surface area contributed by atoms with Crippen LogP contribution < -0.4 is 5.73 Å². The van der Waals surface area contributed by atoms with Crippen LogP contribution >= 0.6 is 0 Å². The summed E-state index contributed by atoms with van der Waals surface area (Å²) < 4.78 is 26.0. The van der Waals surface area contributed by atoms with Crippen molar-refractivity contribution in [3.63, 3.8) is 0 Å². The molecule has 0 bridgehead atoms. The van der Waals surface area contributed by atoms with Crippen molar-refractivity contribution in [2.24, 2.45) is 5.73 Å². The summed E-state index contributed by atoms with van der Waals surface area (Å²) in [5.41, 5.74) is 6.74. The molecule has 2 nitrogen and oxygen atoms in total. The number of benzene rings is 1. The molecule has 1 aliphatic carbocycles. The Hall–Kier alpha value is -1.00. The van der Waals surface area contributed by atoms with Gasteiger partial charge in [0, 0.05) is 18.6 Å². The minimum atomic E-state index is -0.823. The summed E-state index contributed by atoms with van der Waals surface area (Å²) >= 11 is 0. The first kappa shape index (κ1) is 13.4. The lowest BCUT2D eigenvalue weighted by Gasteiger charge is -2.25. The normalized spacial score (nSPS) is 17.2. The highest BCUT2D eigenvalue weighted by Crippen LogP contribution is 2.28. The Morgan fingerprint density at radius 3 is 2.61 bits per heavy atom. The molecular formula is C14H20F2N2. The molecule has 0 spiro atoms. The summed E-state index contributed by atoms with van der Waals surface area (Å²) in [6, 6.07) is 4.30. The van der Waals surface area contributed by atoms with E-state index in [4.69, 9.17) is 5.73 Å². The number of hydrogen-bond acceptors (Lipinski definition) is 2. The van der Waals surface area contributed by atoms with Gasteiger partial charge in [-0.05, 0) is 43.5 Å². The molecule has 0 amide bonds. The highest BCUT2D eigenvalue weighted by molar-refractivity contribution is 5.21. The smallest absolute Gasteiger partial charge is 0.159 e. The maximum atomic E-state index is 13.2. The second-order valence-electron chi connectivity index (χ2n) is 5.01. The fourth-order valence-electron chi connectivity index (χ4n) is 2.25. The van der Waals surface area contributed by atoms with E-state index in [9.17, 15) is 8.78 Å². The predicted octanol–water partition coefficient (Wildman–Crippen LogP) is 2.84. The molecule has 18 heavy (non-hydrogen) atoms. The largest absolute Gasteiger partial charge is 0.323 e. The summed E-state index contributed by atoms with van der Waals surface area (Å²) in [5.74, 6) is -1.64. The van der Waals surface area contributed by atoms with Crippen LogP contribution in [0, 0.1) is 11.6 Å². The van der Waals surface area contributed by atoms with E-state index in [2.05, 4.69) is 11.8 Å². The zero-order chi connectivity index (χ0) is 13.1. The van der Waals surface area contributed by atoms with Crippen molar-refractivity contribution >= 4 is 0 Å². The van der Waals surface area contributed by atoms with Crippen molar-refractivity contribution in [2.75, 3.05) is 13.1 Å². The average molecular weight is 254 g/mol. The Bertz CT molecular complexity index is 405. The minimum absolute atomic E-state index is 0.257. The number of nitrogens with two attached hydrogens (primary N) is 1. The Labute approximate surface area is 107 Å². The summed E-state index contributed by atoms with van der Waals surface area (Å²) in [6.45, 7) is 3.87. The molecular weight excluding hydrogens is 234 g/mol. The van der Waals surface area contributed by atoms with Crippen LogP contribution in [0.2, 0.25) is 0 Å². The molecule has 1 aromatic carbocycles. The van der Waals surface area contributed by atoms with Gasteiger partial charge in [-0.2, -0.15) is 0 Å². The van der Waals surface area contributed by atoms with Gasteiger partial charge in [0.2, 0.25) is 0 Å². The van der Waals surface area contributed by atoms with E-state index in [0.717, 1.165) is 19.0 Å². The Morgan fingerprint density at radius 1 is 1.33 bits per heavy atom. The third kappa shape index (κ3) is 3.27. The Kier molecular flexibility index (Phi) is 4.30. The van der Waals surface area contributed by atoms with Gasteiger partial charge in [-0.1, -0.05) is 13.0 Å². The third-order valence-electron chi connectivity index (χ3n) is 3.38. The van der Waals surface area contributed by atoms with Crippen LogP contribution in [0.5, 0.6) is 0 Å². The van der Waals surface area contributed by atoms with Gasteiger partial charge in [0.25, 0.3) is 0 Å². The van der Waals surface area contributed by atoms with E-state index < -0.39 is 11.6 Å². The van der Waals surface area contributed by atoms with Gasteiger partial charge < -0.3 is 5.73 Å². The maximum Gasteiger partial charge on any atom is 0.159 e. The first-order valence-corrected chi connectivity index (χ1v) is 6.56. The van der Waals surface area contributed by atoms with E-state index >= 15 is 0 Å². The molecule has 0 aliphatic heterocycles. The molecule has 2 rings (SSSR count). The lowest BCUT2D eigenvalue weighted by Crippen LogP contribution is -2.34. The molecule has 4 heteroatoms. The number of halogens is 2. The maximum absolute atomic E-state index is 13.2. The second kappa shape index (κ2) is 5.76. The highest BCUT2D eigenvalue weighted by Gasteiger charge is 2.29. The monoisotopic (exact) mass is 254 g/mol. The van der Waals surface area contributed by atoms with Crippen LogP contribution in [-0.4, -0.2) is 24.0 Å². The van der Waals surface area contributed by atoms with Crippen LogP contribution in [0.4, 0.5) is 8.78 Å². The second-order valence-corrected chi connectivity index (χ2v) is 5.01. The molecule has 1 aliphatic rings. The first-order chi connectivity index (χ1) is 8.61. The lowest BCUT2D eigenvalue weighted by atomic mass is 10.1. The molecule has 100 valence electrons. The quantitative estimate of drug-likeness (QED) is 0.845. The van der Waals surface area contributed by atoms with E-state index in [1.807, 2.05) is 0 Å². The molecule has 0 saturated heterocycles. The standard InChI is InChI=1S/C14H20F2N2/c1-2-7-18(11-4-5-11)9-14(17)10-3-6-12(15)13(16)8-10/h3,6,8,11,14H,2,4-5,7,9,17H2,1H3. The van der Waals surface area contributed by atoms with Crippen LogP contribution in [0.25, 0.3) is 0 Å². The van der Waals surface area contributed by atoms with Crippen LogP contribution in [0.3, 0.4) is 0 Å². The number of rotatable bonds is 6. The molecule has 1 fully saturated rings. The minimum Gasteiger partial charge on any atom is -0.323 e. The van der Waals surface area contributed by atoms with E-state index in [1.54, 1.807) is 6.07 Å². The Balaban J connectivity index is 2.00. The molecule has 0 heterocycles. The molecule has 1 saturated carbocycles. The summed E-state index contributed by atoms with van der Waals surface area (Å²) in [4.78, 5) is 2.35. The summed E-state index contributed by atoms with van der Waals surface area (Å²) in [7, 11) is 0. The SMILES string of the molecule is CCCN(CC(N)c1ccc(F)c(F)c1)C1CC1. The van der Waals surface area contributed by atoms with E-state index in [0.29, 0.717) is 18.2 Å². The van der Waals surface area contributed by atoms with Gasteiger partial charge >= 0.3 is 0 Å². The van der Waals surface area contributed by atoms with Gasteiger partial charge in [-0.3, -0.25) is 4.90 Å². The predicted molar refractivity (Wildman–Crippen MR) is 68.2 cm³/mol. The fourth-order valence-corrected chi connectivity index (χ4v) is 2.25. The van der Waals surface area contributed by atoms with Gasteiger partial charge in [0.15, 0.2) is 11.6 Å². The summed E-state index contributed by atoms with van der Waals surface area (Å²) in [5, 5.41) is 0. The first-order valence-electron chi connectivity index (χ1n) is 6.56. The van der Waals surface area contributed by atoms with Crippen molar-refractivity contribution in [3.8, 4) is 0 Å². The zero-order valence-electron chi connectivity index (χ0n) is 10.7. The fraction of sp³-hybridized carbons (Fsp3) is 0.571. The molecule has 1 aromatic rings. The summed E-state index contributed by atoms with van der Waals surface area (Å²) in [6.07, 6.45) is 3.54. The van der Waals surface area contributed by atoms with Crippen molar-refractivity contribution in [2.45, 2.75) is 38.3 Å². The third-order valence-corrected chi connectivity index (χ3v) is 3.38. The van der Waals surface area contributed by atoms with Gasteiger partial charge in [-0.15, -0.1) is 0 Å². The van der Waals surface area contributed by atoms with Crippen LogP contribution in [0.15, 0.2) is 18.2 Å². The van der Waals surface area contributed by atoms with Crippen molar-refractivity contribution < 1.29 is 8.78 Å². The van der Waals surface area contributed by atoms with Gasteiger partial charge in [0.05, 0.1) is 0 Å². The lowest BCUT2D eigenvalue weighted by molar-refractivity contribution is 0.247. The van der Waals surface area contributed by atoms with Crippen LogP contribution in [-0.2, 0) is 0 Å². The molecule has 0 radical (unpaired) electrons. The molecule has 1 atom stereocenters. The van der Waals surface area contributed by atoms with Gasteiger partial charge in [0.1, 0.15) is 0 Å². The zero-order valence-corrected chi connectivity index (χ0v) is 10.7. The molecule has 2 N–H and O–H groups in total. The average Bonchev–Trinajstić information content (AvgIpc) is 3.16. The van der Waals surface area contributed by atoms with Crippen molar-refractivity contribution in [1.82, 2.24) is 4.90 Å². The number of hydrogen-bond donors (Lipinski definition) is 1. The van der Waals surface area contributed by atoms with E-state index in [1.165, 1.54) is 18.9 Å². The molecule has 1 unspecified atom stereocenters. The Morgan fingerprint density at radius 2 is 2.06 bits per heavy atom.